The number of esters is 1. The van der Waals surface area contributed by atoms with Crippen molar-refractivity contribution in [2.75, 3.05) is 6.61 Å². The normalized spacial score (nSPS) is 10.6. The zero-order valence-electron chi connectivity index (χ0n) is 11.4. The SMILES string of the molecule is CCOC(=O)c1nnc(Sc2nn(C)c(=O)n(C)c2=O)o1. The van der Waals surface area contributed by atoms with Gasteiger partial charge in [0.1, 0.15) is 0 Å². The van der Waals surface area contributed by atoms with Crippen molar-refractivity contribution in [2.45, 2.75) is 17.2 Å². The number of rotatable bonds is 4. The second-order valence-corrected chi connectivity index (χ2v) is 4.71. The molecule has 0 atom stereocenters. The van der Waals surface area contributed by atoms with Crippen molar-refractivity contribution < 1.29 is 13.9 Å². The summed E-state index contributed by atoms with van der Waals surface area (Å²) in [5, 5.41) is 10.8. The number of aryl methyl sites for hydroxylation is 1. The Hall–Kier alpha value is -2.43. The Bertz CT molecular complexity index is 792. The fraction of sp³-hybridized carbons (Fsp3) is 0.400. The summed E-state index contributed by atoms with van der Waals surface area (Å²) in [6.07, 6.45) is 0. The Labute approximate surface area is 121 Å². The summed E-state index contributed by atoms with van der Waals surface area (Å²) in [5.74, 6) is -1.07. The maximum atomic E-state index is 11.9. The van der Waals surface area contributed by atoms with E-state index in [4.69, 9.17) is 9.15 Å². The molecular formula is C10H11N5O5S. The zero-order chi connectivity index (χ0) is 15.6. The molecule has 11 heteroatoms. The predicted molar refractivity (Wildman–Crippen MR) is 69.1 cm³/mol. The highest BCUT2D eigenvalue weighted by molar-refractivity contribution is 7.99. The molecule has 0 amide bonds. The van der Waals surface area contributed by atoms with Crippen molar-refractivity contribution in [2.24, 2.45) is 14.1 Å². The van der Waals surface area contributed by atoms with E-state index in [0.717, 1.165) is 21.0 Å². The predicted octanol–water partition coefficient (Wildman–Crippen LogP) is -0.810. The summed E-state index contributed by atoms with van der Waals surface area (Å²) in [7, 11) is 2.73. The minimum Gasteiger partial charge on any atom is -0.459 e. The molecule has 0 N–H and O–H groups in total. The van der Waals surface area contributed by atoms with Gasteiger partial charge in [0.05, 0.1) is 6.61 Å². The average Bonchev–Trinajstić information content (AvgIpc) is 2.91. The van der Waals surface area contributed by atoms with Crippen LogP contribution in [0.25, 0.3) is 0 Å². The molecule has 0 unspecified atom stereocenters. The van der Waals surface area contributed by atoms with Gasteiger partial charge in [-0.15, -0.1) is 5.10 Å². The molecule has 10 nitrogen and oxygen atoms in total. The van der Waals surface area contributed by atoms with Crippen molar-refractivity contribution in [1.29, 1.82) is 0 Å². The van der Waals surface area contributed by atoms with E-state index in [1.54, 1.807) is 6.92 Å². The van der Waals surface area contributed by atoms with Crippen molar-refractivity contribution in [3.63, 3.8) is 0 Å². The van der Waals surface area contributed by atoms with E-state index in [9.17, 15) is 14.4 Å². The lowest BCUT2D eigenvalue weighted by Crippen LogP contribution is -2.39. The maximum absolute atomic E-state index is 11.9. The molecule has 0 aliphatic heterocycles. The van der Waals surface area contributed by atoms with Crippen LogP contribution in [0.5, 0.6) is 0 Å². The fourth-order valence-electron chi connectivity index (χ4n) is 1.34. The molecule has 0 aliphatic carbocycles. The van der Waals surface area contributed by atoms with E-state index in [1.165, 1.54) is 14.1 Å². The summed E-state index contributed by atoms with van der Waals surface area (Å²) >= 11 is 0.755. The molecule has 2 rings (SSSR count). The number of ether oxygens (including phenoxy) is 1. The zero-order valence-corrected chi connectivity index (χ0v) is 12.2. The first kappa shape index (κ1) is 15.0. The Kier molecular flexibility index (Phi) is 4.21. The number of hydrogen-bond acceptors (Lipinski definition) is 9. The highest BCUT2D eigenvalue weighted by atomic mass is 32.2. The average molecular weight is 313 g/mol. The maximum Gasteiger partial charge on any atom is 0.396 e. The molecule has 0 fully saturated rings. The van der Waals surface area contributed by atoms with E-state index in [0.29, 0.717) is 0 Å². The summed E-state index contributed by atoms with van der Waals surface area (Å²) in [4.78, 5) is 34.8. The van der Waals surface area contributed by atoms with Crippen LogP contribution >= 0.6 is 11.8 Å². The van der Waals surface area contributed by atoms with Gasteiger partial charge in [-0.05, 0) is 18.7 Å². The highest BCUT2D eigenvalue weighted by Crippen LogP contribution is 2.21. The molecule has 21 heavy (non-hydrogen) atoms. The lowest BCUT2D eigenvalue weighted by atomic mass is 10.7. The van der Waals surface area contributed by atoms with Crippen molar-refractivity contribution in [1.82, 2.24) is 24.5 Å². The molecule has 0 radical (unpaired) electrons. The summed E-state index contributed by atoms with van der Waals surface area (Å²) in [5.41, 5.74) is -1.15. The van der Waals surface area contributed by atoms with Crippen molar-refractivity contribution in [3.8, 4) is 0 Å². The minimum absolute atomic E-state index is 0.0290. The quantitative estimate of drug-likeness (QED) is 0.667. The first-order valence-electron chi connectivity index (χ1n) is 5.76. The van der Waals surface area contributed by atoms with Crippen molar-refractivity contribution >= 4 is 17.7 Å². The second-order valence-electron chi connectivity index (χ2n) is 3.77. The molecule has 112 valence electrons. The number of aromatic nitrogens is 5. The van der Waals surface area contributed by atoms with E-state index >= 15 is 0 Å². The molecule has 0 aliphatic rings. The van der Waals surface area contributed by atoms with E-state index < -0.39 is 17.2 Å². The first-order chi connectivity index (χ1) is 9.93. The number of carbonyl (C=O) groups is 1. The Balaban J connectivity index is 2.30. The summed E-state index contributed by atoms with van der Waals surface area (Å²) in [6.45, 7) is 1.81. The molecule has 2 aromatic rings. The van der Waals surface area contributed by atoms with Crippen LogP contribution in [0.15, 0.2) is 24.3 Å². The van der Waals surface area contributed by atoms with E-state index in [1.807, 2.05) is 0 Å². The molecule has 0 aromatic carbocycles. The van der Waals surface area contributed by atoms with E-state index in [2.05, 4.69) is 15.3 Å². The molecule has 0 spiro atoms. The lowest BCUT2D eigenvalue weighted by Gasteiger charge is -2.02. The van der Waals surface area contributed by atoms with Crippen LogP contribution in [-0.4, -0.2) is 37.1 Å². The third kappa shape index (κ3) is 3.02. The van der Waals surface area contributed by atoms with Crippen LogP contribution in [-0.2, 0) is 18.8 Å². The van der Waals surface area contributed by atoms with Gasteiger partial charge in [-0.1, -0.05) is 5.10 Å². The number of nitrogens with zero attached hydrogens (tertiary/aromatic N) is 5. The topological polar surface area (TPSA) is 122 Å². The van der Waals surface area contributed by atoms with Crippen LogP contribution < -0.4 is 11.2 Å². The van der Waals surface area contributed by atoms with Gasteiger partial charge in [-0.2, -0.15) is 5.10 Å². The van der Waals surface area contributed by atoms with Gasteiger partial charge in [-0.3, -0.25) is 9.36 Å². The summed E-state index contributed by atoms with van der Waals surface area (Å²) in [6, 6.07) is 0. The van der Waals surface area contributed by atoms with Gasteiger partial charge in [0.25, 0.3) is 10.8 Å². The van der Waals surface area contributed by atoms with Gasteiger partial charge < -0.3 is 9.15 Å². The van der Waals surface area contributed by atoms with Gasteiger partial charge in [0.15, 0.2) is 5.03 Å². The standard InChI is InChI=1S/C10H11N5O5S/c1-4-19-8(17)5-11-12-9(20-5)21-6-7(16)14(2)10(18)15(3)13-6/h4H2,1-3H3. The van der Waals surface area contributed by atoms with Gasteiger partial charge in [0.2, 0.25) is 0 Å². The largest absolute Gasteiger partial charge is 0.459 e. The highest BCUT2D eigenvalue weighted by Gasteiger charge is 2.19. The minimum atomic E-state index is -0.752. The number of hydrogen-bond donors (Lipinski definition) is 0. The van der Waals surface area contributed by atoms with Crippen LogP contribution in [0.3, 0.4) is 0 Å². The van der Waals surface area contributed by atoms with Crippen molar-refractivity contribution in [3.05, 3.63) is 26.7 Å². The van der Waals surface area contributed by atoms with Gasteiger partial charge in [-0.25, -0.2) is 14.3 Å². The third-order valence-electron chi connectivity index (χ3n) is 2.33. The second kappa shape index (κ2) is 5.91. The van der Waals surface area contributed by atoms with Crippen LogP contribution in [0.4, 0.5) is 0 Å². The number of carbonyl (C=O) groups excluding carboxylic acids is 1. The monoisotopic (exact) mass is 313 g/mol. The van der Waals surface area contributed by atoms with E-state index in [-0.39, 0.29) is 22.7 Å². The van der Waals surface area contributed by atoms with Crippen LogP contribution in [0.2, 0.25) is 0 Å². The molecule has 2 heterocycles. The third-order valence-corrected chi connectivity index (χ3v) is 3.12. The Morgan fingerprint density at radius 3 is 2.71 bits per heavy atom. The van der Waals surface area contributed by atoms with Gasteiger partial charge >= 0.3 is 17.5 Å². The molecule has 0 saturated carbocycles. The fourth-order valence-corrected chi connectivity index (χ4v) is 2.10. The summed E-state index contributed by atoms with van der Waals surface area (Å²) < 4.78 is 11.7. The molecule has 2 aromatic heterocycles. The van der Waals surface area contributed by atoms with Crippen LogP contribution in [0.1, 0.15) is 17.6 Å². The Morgan fingerprint density at radius 2 is 2.05 bits per heavy atom. The smallest absolute Gasteiger partial charge is 0.396 e. The lowest BCUT2D eigenvalue weighted by molar-refractivity contribution is 0.0475. The first-order valence-corrected chi connectivity index (χ1v) is 6.58. The Morgan fingerprint density at radius 1 is 1.33 bits per heavy atom. The molecule has 0 saturated heterocycles. The molecule has 0 bridgehead atoms. The van der Waals surface area contributed by atoms with Crippen LogP contribution in [0, 0.1) is 0 Å². The molecular weight excluding hydrogens is 302 g/mol. The van der Waals surface area contributed by atoms with Gasteiger partial charge in [0, 0.05) is 14.1 Å².